The molecule has 2 atom stereocenters. The molecule has 2 rings (SSSR count). The molecule has 1 saturated heterocycles. The van der Waals surface area contributed by atoms with Crippen LogP contribution in [0, 0.1) is 11.8 Å². The van der Waals surface area contributed by atoms with Crippen LogP contribution in [0.2, 0.25) is 0 Å². The fourth-order valence-electron chi connectivity index (χ4n) is 2.05. The van der Waals surface area contributed by atoms with Crippen molar-refractivity contribution < 1.29 is 4.79 Å². The molecule has 94 valence electrons. The molecule has 0 bridgehead atoms. The molecule has 0 spiro atoms. The highest BCUT2D eigenvalue weighted by Crippen LogP contribution is 2.17. The number of nitrogens with zero attached hydrogens (tertiary/aromatic N) is 1. The molecule has 0 aromatic carbocycles. The SMILES string of the molecule is CCc1cnc(CNC(=O)C2CNCC2C)s1. The van der Waals surface area contributed by atoms with Gasteiger partial charge in [-0.25, -0.2) is 4.98 Å². The quantitative estimate of drug-likeness (QED) is 0.847. The summed E-state index contributed by atoms with van der Waals surface area (Å²) in [6.45, 7) is 6.53. The van der Waals surface area contributed by atoms with Crippen molar-refractivity contribution in [1.29, 1.82) is 0 Å². The van der Waals surface area contributed by atoms with Crippen molar-refractivity contribution in [1.82, 2.24) is 15.6 Å². The second kappa shape index (κ2) is 5.60. The maximum atomic E-state index is 11.9. The van der Waals surface area contributed by atoms with E-state index in [9.17, 15) is 4.79 Å². The number of nitrogens with one attached hydrogen (secondary N) is 2. The average molecular weight is 253 g/mol. The van der Waals surface area contributed by atoms with Crippen LogP contribution in [0.15, 0.2) is 6.20 Å². The van der Waals surface area contributed by atoms with Crippen molar-refractivity contribution in [3.8, 4) is 0 Å². The van der Waals surface area contributed by atoms with Gasteiger partial charge in [-0.2, -0.15) is 0 Å². The van der Waals surface area contributed by atoms with Crippen LogP contribution in [-0.4, -0.2) is 24.0 Å². The van der Waals surface area contributed by atoms with E-state index >= 15 is 0 Å². The molecular weight excluding hydrogens is 234 g/mol. The Morgan fingerprint density at radius 2 is 2.47 bits per heavy atom. The molecule has 17 heavy (non-hydrogen) atoms. The average Bonchev–Trinajstić information content (AvgIpc) is 2.94. The van der Waals surface area contributed by atoms with Gasteiger partial charge in [0, 0.05) is 17.6 Å². The molecule has 2 N–H and O–H groups in total. The second-order valence-electron chi connectivity index (χ2n) is 4.53. The summed E-state index contributed by atoms with van der Waals surface area (Å²) < 4.78 is 0. The molecule has 0 saturated carbocycles. The van der Waals surface area contributed by atoms with E-state index in [-0.39, 0.29) is 11.8 Å². The minimum absolute atomic E-state index is 0.112. The van der Waals surface area contributed by atoms with Gasteiger partial charge < -0.3 is 10.6 Å². The molecule has 1 aliphatic rings. The van der Waals surface area contributed by atoms with Gasteiger partial charge in [0.25, 0.3) is 0 Å². The molecule has 4 nitrogen and oxygen atoms in total. The molecule has 5 heteroatoms. The Kier molecular flexibility index (Phi) is 4.12. The molecule has 0 aliphatic carbocycles. The first-order chi connectivity index (χ1) is 8.20. The number of aryl methyl sites for hydroxylation is 1. The number of carbonyl (C=O) groups excluding carboxylic acids is 1. The summed E-state index contributed by atoms with van der Waals surface area (Å²) in [4.78, 5) is 17.5. The smallest absolute Gasteiger partial charge is 0.225 e. The molecule has 2 heterocycles. The largest absolute Gasteiger partial charge is 0.349 e. The minimum atomic E-state index is 0.112. The Bertz CT molecular complexity index is 391. The van der Waals surface area contributed by atoms with Gasteiger partial charge in [-0.1, -0.05) is 13.8 Å². The first kappa shape index (κ1) is 12.5. The molecule has 1 aromatic heterocycles. The van der Waals surface area contributed by atoms with E-state index in [0.717, 1.165) is 24.5 Å². The maximum Gasteiger partial charge on any atom is 0.225 e. The highest BCUT2D eigenvalue weighted by atomic mass is 32.1. The van der Waals surface area contributed by atoms with Crippen molar-refractivity contribution in [2.75, 3.05) is 13.1 Å². The van der Waals surface area contributed by atoms with Crippen LogP contribution >= 0.6 is 11.3 Å². The lowest BCUT2D eigenvalue weighted by Gasteiger charge is -2.13. The van der Waals surface area contributed by atoms with Crippen LogP contribution in [0.4, 0.5) is 0 Å². The normalized spacial score (nSPS) is 23.9. The first-order valence-electron chi connectivity index (χ1n) is 6.12. The topological polar surface area (TPSA) is 54.0 Å². The standard InChI is InChI=1S/C12H19N3OS/c1-3-9-5-14-11(17-9)7-15-12(16)10-6-13-4-8(10)2/h5,8,10,13H,3-4,6-7H2,1-2H3,(H,15,16). The van der Waals surface area contributed by atoms with Gasteiger partial charge in [-0.15, -0.1) is 11.3 Å². The minimum Gasteiger partial charge on any atom is -0.349 e. The van der Waals surface area contributed by atoms with E-state index < -0.39 is 0 Å². The highest BCUT2D eigenvalue weighted by Gasteiger charge is 2.29. The highest BCUT2D eigenvalue weighted by molar-refractivity contribution is 7.11. The fourth-order valence-corrected chi connectivity index (χ4v) is 2.85. The third-order valence-corrected chi connectivity index (χ3v) is 4.36. The van der Waals surface area contributed by atoms with Crippen LogP contribution in [0.25, 0.3) is 0 Å². The van der Waals surface area contributed by atoms with Gasteiger partial charge in [0.05, 0.1) is 12.5 Å². The monoisotopic (exact) mass is 253 g/mol. The molecule has 1 amide bonds. The molecule has 1 fully saturated rings. The van der Waals surface area contributed by atoms with Crippen molar-refractivity contribution in [3.05, 3.63) is 16.1 Å². The van der Waals surface area contributed by atoms with Gasteiger partial charge in [0.1, 0.15) is 5.01 Å². The number of thiazole rings is 1. The lowest BCUT2D eigenvalue weighted by atomic mass is 9.97. The zero-order valence-electron chi connectivity index (χ0n) is 10.3. The number of hydrogen-bond donors (Lipinski definition) is 2. The van der Waals surface area contributed by atoms with E-state index in [1.165, 1.54) is 4.88 Å². The second-order valence-corrected chi connectivity index (χ2v) is 5.73. The Hall–Kier alpha value is -0.940. The van der Waals surface area contributed by atoms with Crippen LogP contribution < -0.4 is 10.6 Å². The number of carbonyl (C=O) groups is 1. The maximum absolute atomic E-state index is 11.9. The number of rotatable bonds is 4. The lowest BCUT2D eigenvalue weighted by Crippen LogP contribution is -2.33. The van der Waals surface area contributed by atoms with Gasteiger partial charge in [-0.3, -0.25) is 4.79 Å². The van der Waals surface area contributed by atoms with E-state index in [4.69, 9.17) is 0 Å². The Morgan fingerprint density at radius 3 is 3.06 bits per heavy atom. The van der Waals surface area contributed by atoms with Crippen molar-refractivity contribution in [2.24, 2.45) is 11.8 Å². The number of amides is 1. The van der Waals surface area contributed by atoms with E-state index in [1.54, 1.807) is 11.3 Å². The zero-order chi connectivity index (χ0) is 12.3. The van der Waals surface area contributed by atoms with E-state index in [0.29, 0.717) is 12.5 Å². The summed E-state index contributed by atoms with van der Waals surface area (Å²) in [5, 5.41) is 7.21. The Balaban J connectivity index is 1.83. The van der Waals surface area contributed by atoms with Crippen molar-refractivity contribution in [3.63, 3.8) is 0 Å². The van der Waals surface area contributed by atoms with Gasteiger partial charge in [0.2, 0.25) is 5.91 Å². The number of hydrogen-bond acceptors (Lipinski definition) is 4. The van der Waals surface area contributed by atoms with Crippen molar-refractivity contribution in [2.45, 2.75) is 26.8 Å². The van der Waals surface area contributed by atoms with Gasteiger partial charge in [0.15, 0.2) is 0 Å². The van der Waals surface area contributed by atoms with Crippen molar-refractivity contribution >= 4 is 17.2 Å². The first-order valence-corrected chi connectivity index (χ1v) is 6.94. The molecule has 1 aliphatic heterocycles. The van der Waals surface area contributed by atoms with Gasteiger partial charge in [-0.05, 0) is 18.9 Å². The third kappa shape index (κ3) is 3.04. The Labute approximate surface area is 106 Å². The summed E-state index contributed by atoms with van der Waals surface area (Å²) in [6, 6.07) is 0. The fraction of sp³-hybridized carbons (Fsp3) is 0.667. The van der Waals surface area contributed by atoms with Crippen LogP contribution in [0.3, 0.4) is 0 Å². The summed E-state index contributed by atoms with van der Waals surface area (Å²) in [6.07, 6.45) is 2.90. The Morgan fingerprint density at radius 1 is 1.65 bits per heavy atom. The van der Waals surface area contributed by atoms with Crippen LogP contribution in [0.1, 0.15) is 23.7 Å². The summed E-state index contributed by atoms with van der Waals surface area (Å²) >= 11 is 1.68. The lowest BCUT2D eigenvalue weighted by molar-refractivity contribution is -0.125. The van der Waals surface area contributed by atoms with Gasteiger partial charge >= 0.3 is 0 Å². The predicted octanol–water partition coefficient (Wildman–Crippen LogP) is 1.18. The summed E-state index contributed by atoms with van der Waals surface area (Å²) in [5.41, 5.74) is 0. The molecular formula is C12H19N3OS. The molecule has 2 unspecified atom stereocenters. The van der Waals surface area contributed by atoms with E-state index in [1.807, 2.05) is 6.20 Å². The number of aromatic nitrogens is 1. The van der Waals surface area contributed by atoms with Crippen LogP contribution in [-0.2, 0) is 17.8 Å². The zero-order valence-corrected chi connectivity index (χ0v) is 11.1. The summed E-state index contributed by atoms with van der Waals surface area (Å²) in [7, 11) is 0. The van der Waals surface area contributed by atoms with E-state index in [2.05, 4.69) is 29.5 Å². The predicted molar refractivity (Wildman–Crippen MR) is 68.9 cm³/mol. The summed E-state index contributed by atoms with van der Waals surface area (Å²) in [5.74, 6) is 0.689. The van der Waals surface area contributed by atoms with Crippen LogP contribution in [0.5, 0.6) is 0 Å². The molecule has 1 aromatic rings. The third-order valence-electron chi connectivity index (χ3n) is 3.22. The molecule has 0 radical (unpaired) electrons.